The first-order chi connectivity index (χ1) is 14.5. The molecule has 0 aromatic rings. The number of ketones is 1. The number of fused-ring (bicyclic) bond motifs is 3. The summed E-state index contributed by atoms with van der Waals surface area (Å²) in [6.07, 6.45) is 11.3. The second-order valence-corrected chi connectivity index (χ2v) is 12.5. The zero-order chi connectivity index (χ0) is 22.3. The topological polar surface area (TPSA) is 49.8 Å². The molecule has 0 bridgehead atoms. The monoisotopic (exact) mass is 426 g/mol. The molecule has 0 radical (unpaired) electrons. The number of ether oxygens (including phenoxy) is 1. The van der Waals surface area contributed by atoms with Crippen LogP contribution < -0.4 is 0 Å². The molecule has 3 nitrogen and oxygen atoms in total. The van der Waals surface area contributed by atoms with Gasteiger partial charge in [0.1, 0.15) is 5.60 Å². The summed E-state index contributed by atoms with van der Waals surface area (Å²) in [6.45, 7) is 14.1. The molecule has 172 valence electrons. The van der Waals surface area contributed by atoms with Crippen LogP contribution in [0.15, 0.2) is 23.3 Å². The van der Waals surface area contributed by atoms with Crippen LogP contribution in [0, 0.1) is 40.4 Å². The lowest BCUT2D eigenvalue weighted by Gasteiger charge is -2.54. The van der Waals surface area contributed by atoms with Gasteiger partial charge in [-0.2, -0.15) is 0 Å². The minimum Gasteiger partial charge on any atom is -0.393 e. The lowest BCUT2D eigenvalue weighted by molar-refractivity contribution is -0.121. The molecule has 1 N–H and O–H groups in total. The van der Waals surface area contributed by atoms with E-state index in [0.29, 0.717) is 36.0 Å². The molecule has 1 saturated heterocycles. The van der Waals surface area contributed by atoms with Crippen LogP contribution in [0.5, 0.6) is 0 Å². The third-order valence-electron chi connectivity index (χ3n) is 10.7. The summed E-state index contributed by atoms with van der Waals surface area (Å²) in [7, 11) is 0. The van der Waals surface area contributed by atoms with Crippen LogP contribution in [-0.4, -0.2) is 28.7 Å². The van der Waals surface area contributed by atoms with Crippen LogP contribution in [0.2, 0.25) is 0 Å². The number of epoxide rings is 1. The molecule has 3 heteroatoms. The van der Waals surface area contributed by atoms with Crippen molar-refractivity contribution in [3.8, 4) is 0 Å². The van der Waals surface area contributed by atoms with E-state index in [4.69, 9.17) is 4.74 Å². The number of carbonyl (C=O) groups excluding carboxylic acids is 1. The Balaban J connectivity index is 1.48. The fourth-order valence-electron chi connectivity index (χ4n) is 8.22. The highest BCUT2D eigenvalue weighted by molar-refractivity contribution is 6.04. The third-order valence-corrected chi connectivity index (χ3v) is 10.7. The number of rotatable bonds is 4. The molecule has 1 heterocycles. The minimum atomic E-state index is -0.384. The van der Waals surface area contributed by atoms with Crippen LogP contribution >= 0.6 is 0 Å². The maximum Gasteiger partial charge on any atom is 0.190 e. The van der Waals surface area contributed by atoms with Crippen molar-refractivity contribution in [3.63, 3.8) is 0 Å². The molecule has 1 aliphatic heterocycles. The Morgan fingerprint density at radius 2 is 1.81 bits per heavy atom. The average molecular weight is 427 g/mol. The molecular weight excluding hydrogens is 384 g/mol. The van der Waals surface area contributed by atoms with Gasteiger partial charge in [-0.1, -0.05) is 59.3 Å². The smallest absolute Gasteiger partial charge is 0.190 e. The molecule has 9 atom stereocenters. The summed E-state index contributed by atoms with van der Waals surface area (Å²) in [5, 5.41) is 10.3. The van der Waals surface area contributed by atoms with E-state index in [2.05, 4.69) is 53.7 Å². The van der Waals surface area contributed by atoms with Gasteiger partial charge in [0.2, 0.25) is 0 Å². The van der Waals surface area contributed by atoms with E-state index in [1.54, 1.807) is 0 Å². The fraction of sp³-hybridized carbons (Fsp3) is 0.821. The van der Waals surface area contributed by atoms with Crippen LogP contribution in [0.25, 0.3) is 0 Å². The number of aliphatic hydroxyl groups excluding tert-OH is 1. The molecule has 5 rings (SSSR count). The van der Waals surface area contributed by atoms with E-state index in [9.17, 15) is 9.90 Å². The Bertz CT molecular complexity index is 839. The Kier molecular flexibility index (Phi) is 4.97. The van der Waals surface area contributed by atoms with Gasteiger partial charge in [0.05, 0.1) is 6.10 Å². The fourth-order valence-corrected chi connectivity index (χ4v) is 8.22. The SMILES string of the molecule is CC(C)C(C)/C=C/C(C)[C@H]1CCC2=C3C(=O)[C@@H]4O[C@@]45C[C@@H](O)CC[C@]5(C)C3CC[C@@]21C. The van der Waals surface area contributed by atoms with Gasteiger partial charge in [-0.3, -0.25) is 4.79 Å². The van der Waals surface area contributed by atoms with Gasteiger partial charge >= 0.3 is 0 Å². The van der Waals surface area contributed by atoms with Gasteiger partial charge in [-0.25, -0.2) is 0 Å². The normalized spacial score (nSPS) is 48.3. The molecule has 3 saturated carbocycles. The van der Waals surface area contributed by atoms with E-state index >= 15 is 0 Å². The highest BCUT2D eigenvalue weighted by atomic mass is 16.6. The van der Waals surface area contributed by atoms with E-state index in [-0.39, 0.29) is 34.4 Å². The summed E-state index contributed by atoms with van der Waals surface area (Å²) in [4.78, 5) is 13.7. The maximum absolute atomic E-state index is 13.7. The molecular formula is C28H42O3. The van der Waals surface area contributed by atoms with Crippen molar-refractivity contribution in [1.29, 1.82) is 0 Å². The summed E-state index contributed by atoms with van der Waals surface area (Å²) in [5.41, 5.74) is 2.41. The highest BCUT2D eigenvalue weighted by Crippen LogP contribution is 2.71. The second-order valence-electron chi connectivity index (χ2n) is 12.5. The first-order valence-electron chi connectivity index (χ1n) is 12.9. The molecule has 31 heavy (non-hydrogen) atoms. The van der Waals surface area contributed by atoms with Gasteiger partial charge in [0.15, 0.2) is 11.9 Å². The summed E-state index contributed by atoms with van der Waals surface area (Å²) >= 11 is 0. The number of aliphatic hydroxyl groups is 1. The second kappa shape index (κ2) is 7.03. The lowest BCUT2D eigenvalue weighted by Crippen LogP contribution is -2.56. The molecule has 5 aliphatic rings. The molecule has 0 aromatic carbocycles. The Morgan fingerprint density at radius 3 is 2.52 bits per heavy atom. The third kappa shape index (κ3) is 2.88. The summed E-state index contributed by atoms with van der Waals surface area (Å²) < 4.78 is 6.24. The van der Waals surface area contributed by atoms with E-state index in [1.165, 1.54) is 24.0 Å². The number of carbonyl (C=O) groups is 1. The Morgan fingerprint density at radius 1 is 1.06 bits per heavy atom. The predicted octanol–water partition coefficient (Wildman–Crippen LogP) is 5.87. The average Bonchev–Trinajstić information content (AvgIpc) is 3.34. The number of hydrogen-bond donors (Lipinski definition) is 1. The van der Waals surface area contributed by atoms with Gasteiger partial charge < -0.3 is 9.84 Å². The largest absolute Gasteiger partial charge is 0.393 e. The standard InChI is InChI=1S/C28H42O3/c1-16(2)17(3)7-8-18(4)20-9-10-21-23-22(12-13-26(20,21)5)27(6)14-11-19(29)15-28(27)25(31-28)24(23)30/h7-8,16-20,22,25,29H,9-15H2,1-6H3/b8-7+/t17?,18?,19-,20+,22?,25-,26+,27+,28-/m0/s1. The van der Waals surface area contributed by atoms with Crippen molar-refractivity contribution >= 4 is 5.78 Å². The van der Waals surface area contributed by atoms with Crippen molar-refractivity contribution in [2.45, 2.75) is 104 Å². The van der Waals surface area contributed by atoms with Crippen LogP contribution in [-0.2, 0) is 9.53 Å². The minimum absolute atomic E-state index is 0.00473. The van der Waals surface area contributed by atoms with Crippen LogP contribution in [0.4, 0.5) is 0 Å². The summed E-state index contributed by atoms with van der Waals surface area (Å²) in [6, 6.07) is 0. The Hall–Kier alpha value is -0.930. The molecule has 4 aliphatic carbocycles. The van der Waals surface area contributed by atoms with E-state index in [1.807, 2.05) is 0 Å². The van der Waals surface area contributed by atoms with Crippen molar-refractivity contribution in [1.82, 2.24) is 0 Å². The number of allylic oxidation sites excluding steroid dienone is 3. The van der Waals surface area contributed by atoms with Gasteiger partial charge in [-0.15, -0.1) is 0 Å². The van der Waals surface area contributed by atoms with Crippen LogP contribution in [0.1, 0.15) is 86.5 Å². The molecule has 3 unspecified atom stereocenters. The quantitative estimate of drug-likeness (QED) is 0.452. The zero-order valence-corrected chi connectivity index (χ0v) is 20.4. The van der Waals surface area contributed by atoms with E-state index < -0.39 is 0 Å². The van der Waals surface area contributed by atoms with Crippen molar-refractivity contribution in [2.24, 2.45) is 40.4 Å². The predicted molar refractivity (Wildman–Crippen MR) is 123 cm³/mol. The van der Waals surface area contributed by atoms with Crippen LogP contribution in [0.3, 0.4) is 0 Å². The Labute approximate surface area is 188 Å². The highest BCUT2D eigenvalue weighted by Gasteiger charge is 2.77. The van der Waals surface area contributed by atoms with Gasteiger partial charge in [-0.05, 0) is 73.5 Å². The van der Waals surface area contributed by atoms with Crippen molar-refractivity contribution in [2.75, 3.05) is 0 Å². The van der Waals surface area contributed by atoms with Crippen molar-refractivity contribution < 1.29 is 14.6 Å². The van der Waals surface area contributed by atoms with Crippen molar-refractivity contribution in [3.05, 3.63) is 23.3 Å². The molecule has 0 amide bonds. The first kappa shape index (κ1) is 21.9. The molecule has 4 fully saturated rings. The zero-order valence-electron chi connectivity index (χ0n) is 20.4. The number of hydrogen-bond acceptors (Lipinski definition) is 3. The maximum atomic E-state index is 13.7. The first-order valence-corrected chi connectivity index (χ1v) is 12.9. The summed E-state index contributed by atoms with van der Waals surface area (Å²) in [5.74, 6) is 3.02. The number of Topliss-reactive ketones (excluding diaryl/α,β-unsaturated/α-hetero) is 1. The van der Waals surface area contributed by atoms with E-state index in [0.717, 1.165) is 25.7 Å². The molecule has 0 aromatic heterocycles. The molecule has 1 spiro atoms. The lowest BCUT2D eigenvalue weighted by atomic mass is 9.48. The van der Waals surface area contributed by atoms with Gasteiger partial charge in [0.25, 0.3) is 0 Å². The van der Waals surface area contributed by atoms with Gasteiger partial charge in [0, 0.05) is 17.4 Å².